The van der Waals surface area contributed by atoms with Crippen molar-refractivity contribution in [1.82, 2.24) is 5.43 Å². The zero-order valence-corrected chi connectivity index (χ0v) is 9.11. The number of nitrogens with one attached hydrogen (secondary N) is 2. The van der Waals surface area contributed by atoms with Gasteiger partial charge in [-0.2, -0.15) is 5.10 Å². The quantitative estimate of drug-likeness (QED) is 0.155. The summed E-state index contributed by atoms with van der Waals surface area (Å²) in [4.78, 5) is 0. The van der Waals surface area contributed by atoms with Gasteiger partial charge in [-0.1, -0.05) is 0 Å². The number of thiocarbonyl (C=S) groups is 1. The van der Waals surface area contributed by atoms with Gasteiger partial charge in [0.1, 0.15) is 6.34 Å². The van der Waals surface area contributed by atoms with E-state index in [2.05, 4.69) is 38.4 Å². The van der Waals surface area contributed by atoms with Gasteiger partial charge >= 0.3 is 0 Å². The van der Waals surface area contributed by atoms with Crippen molar-refractivity contribution in [3.63, 3.8) is 0 Å². The van der Waals surface area contributed by atoms with E-state index in [4.69, 9.17) is 11.6 Å². The SMILES string of the molecule is N/N=C/NNc1ccc(N=NC(N)=S)cc1. The molecule has 0 aliphatic heterocycles. The second-order valence-electron chi connectivity index (χ2n) is 2.63. The number of hydrazine groups is 1. The van der Waals surface area contributed by atoms with Gasteiger partial charge < -0.3 is 17.0 Å². The predicted octanol–water partition coefficient (Wildman–Crippen LogP) is 0.832. The Morgan fingerprint density at radius 2 is 2.00 bits per heavy atom. The average molecular weight is 237 g/mol. The van der Waals surface area contributed by atoms with Crippen LogP contribution in [-0.2, 0) is 0 Å². The van der Waals surface area contributed by atoms with Crippen LogP contribution in [0.15, 0.2) is 39.6 Å². The van der Waals surface area contributed by atoms with E-state index in [-0.39, 0.29) is 5.11 Å². The fraction of sp³-hybridized carbons (Fsp3) is 0. The lowest BCUT2D eigenvalue weighted by atomic mass is 10.3. The first-order valence-corrected chi connectivity index (χ1v) is 4.67. The molecule has 0 aliphatic rings. The Morgan fingerprint density at radius 3 is 2.56 bits per heavy atom. The van der Waals surface area contributed by atoms with Crippen LogP contribution < -0.4 is 22.4 Å². The molecule has 0 unspecified atom stereocenters. The van der Waals surface area contributed by atoms with E-state index in [9.17, 15) is 0 Å². The number of hydrogen-bond donors (Lipinski definition) is 4. The lowest BCUT2D eigenvalue weighted by Crippen LogP contribution is -2.19. The molecule has 0 saturated heterocycles. The van der Waals surface area contributed by atoms with E-state index in [1.165, 1.54) is 6.34 Å². The Morgan fingerprint density at radius 1 is 1.31 bits per heavy atom. The van der Waals surface area contributed by atoms with Gasteiger partial charge in [-0.05, 0) is 36.5 Å². The number of nitrogens with two attached hydrogens (primary N) is 2. The summed E-state index contributed by atoms with van der Waals surface area (Å²) in [6.07, 6.45) is 1.32. The molecule has 6 N–H and O–H groups in total. The summed E-state index contributed by atoms with van der Waals surface area (Å²) in [7, 11) is 0. The van der Waals surface area contributed by atoms with E-state index in [0.29, 0.717) is 5.69 Å². The average Bonchev–Trinajstić information content (AvgIpc) is 2.28. The molecule has 0 fully saturated rings. The van der Waals surface area contributed by atoms with Crippen LogP contribution in [0.4, 0.5) is 11.4 Å². The summed E-state index contributed by atoms with van der Waals surface area (Å²) in [6, 6.07) is 7.10. The minimum atomic E-state index is 0.00280. The molecule has 0 saturated carbocycles. The van der Waals surface area contributed by atoms with E-state index in [1.807, 2.05) is 0 Å². The first-order valence-electron chi connectivity index (χ1n) is 4.27. The third-order valence-electron chi connectivity index (χ3n) is 1.49. The van der Waals surface area contributed by atoms with Crippen molar-refractivity contribution < 1.29 is 0 Å². The molecule has 0 bridgehead atoms. The van der Waals surface area contributed by atoms with Crippen LogP contribution in [0.3, 0.4) is 0 Å². The second-order valence-corrected chi connectivity index (χ2v) is 3.05. The maximum absolute atomic E-state index is 5.17. The first kappa shape index (κ1) is 11.9. The highest BCUT2D eigenvalue weighted by atomic mass is 32.1. The third kappa shape index (κ3) is 4.33. The number of hydrogen-bond acceptors (Lipinski definition) is 5. The highest BCUT2D eigenvalue weighted by molar-refractivity contribution is 7.80. The summed E-state index contributed by atoms with van der Waals surface area (Å²) in [5.74, 6) is 4.90. The Balaban J connectivity index is 2.57. The zero-order chi connectivity index (χ0) is 11.8. The second kappa shape index (κ2) is 6.30. The molecule has 8 heteroatoms. The summed E-state index contributed by atoms with van der Waals surface area (Å²) < 4.78 is 0. The van der Waals surface area contributed by atoms with E-state index in [0.717, 1.165) is 5.69 Å². The van der Waals surface area contributed by atoms with Crippen LogP contribution in [0.2, 0.25) is 0 Å². The van der Waals surface area contributed by atoms with Crippen molar-refractivity contribution in [2.24, 2.45) is 26.9 Å². The van der Waals surface area contributed by atoms with Crippen LogP contribution in [0.5, 0.6) is 0 Å². The van der Waals surface area contributed by atoms with Gasteiger partial charge in [-0.15, -0.1) is 10.2 Å². The number of rotatable bonds is 4. The molecule has 16 heavy (non-hydrogen) atoms. The minimum absolute atomic E-state index is 0.00280. The van der Waals surface area contributed by atoms with Crippen molar-refractivity contribution >= 4 is 35.0 Å². The maximum atomic E-state index is 5.17. The van der Waals surface area contributed by atoms with Crippen LogP contribution >= 0.6 is 12.2 Å². The Bertz CT molecular complexity index is 397. The molecule has 1 aromatic carbocycles. The normalized spacial score (nSPS) is 10.8. The summed E-state index contributed by atoms with van der Waals surface area (Å²) in [6.45, 7) is 0. The van der Waals surface area contributed by atoms with Gasteiger partial charge in [0.05, 0.1) is 11.4 Å². The Kier molecular flexibility index (Phi) is 4.67. The van der Waals surface area contributed by atoms with Crippen molar-refractivity contribution in [3.8, 4) is 0 Å². The number of anilines is 1. The molecule has 0 amide bonds. The summed E-state index contributed by atoms with van der Waals surface area (Å²) in [5, 5.41) is 10.6. The van der Waals surface area contributed by atoms with E-state index < -0.39 is 0 Å². The molecule has 1 aromatic rings. The molecule has 0 atom stereocenters. The molecular weight excluding hydrogens is 226 g/mol. The first-order chi connectivity index (χ1) is 7.72. The minimum Gasteiger partial charge on any atom is -0.373 e. The van der Waals surface area contributed by atoms with Crippen LogP contribution in [0.25, 0.3) is 0 Å². The predicted molar refractivity (Wildman–Crippen MR) is 67.2 cm³/mol. The molecule has 0 radical (unpaired) electrons. The van der Waals surface area contributed by atoms with Crippen molar-refractivity contribution in [3.05, 3.63) is 24.3 Å². The molecule has 0 spiro atoms. The number of azo groups is 1. The Labute approximate surface area is 97.6 Å². The van der Waals surface area contributed by atoms with Gasteiger partial charge in [0, 0.05) is 0 Å². The Hall–Kier alpha value is -2.22. The number of nitrogens with zero attached hydrogens (tertiary/aromatic N) is 3. The van der Waals surface area contributed by atoms with Crippen LogP contribution in [-0.4, -0.2) is 11.5 Å². The fourth-order valence-corrected chi connectivity index (χ4v) is 0.912. The van der Waals surface area contributed by atoms with Crippen LogP contribution in [0.1, 0.15) is 0 Å². The van der Waals surface area contributed by atoms with Gasteiger partial charge in [0.25, 0.3) is 0 Å². The van der Waals surface area contributed by atoms with Crippen molar-refractivity contribution in [2.45, 2.75) is 0 Å². The molecule has 0 heterocycles. The molecular formula is C8H11N7S. The molecule has 0 aliphatic carbocycles. The molecule has 0 aromatic heterocycles. The van der Waals surface area contributed by atoms with Gasteiger partial charge in [0.15, 0.2) is 0 Å². The lowest BCUT2D eigenvalue weighted by molar-refractivity contribution is 1.11. The molecule has 7 nitrogen and oxygen atoms in total. The smallest absolute Gasteiger partial charge is 0.211 e. The molecule has 1 rings (SSSR count). The standard InChI is InChI=1S/C8H11N7S/c9-8(16)15-14-7-3-1-6(2-4-7)13-12-5-11-10/h1-5,13H,10H2,(H2,9,16)(H,11,12). The molecule has 84 valence electrons. The maximum Gasteiger partial charge on any atom is 0.211 e. The van der Waals surface area contributed by atoms with E-state index >= 15 is 0 Å². The van der Waals surface area contributed by atoms with Crippen molar-refractivity contribution in [2.75, 3.05) is 5.43 Å². The number of benzene rings is 1. The highest BCUT2D eigenvalue weighted by Crippen LogP contribution is 2.15. The monoisotopic (exact) mass is 237 g/mol. The van der Waals surface area contributed by atoms with Gasteiger partial charge in [-0.3, -0.25) is 5.43 Å². The van der Waals surface area contributed by atoms with Crippen LogP contribution in [0, 0.1) is 0 Å². The fourth-order valence-electron chi connectivity index (χ4n) is 0.871. The highest BCUT2D eigenvalue weighted by Gasteiger charge is 1.91. The summed E-state index contributed by atoms with van der Waals surface area (Å²) >= 11 is 4.56. The topological polar surface area (TPSA) is 113 Å². The number of hydrazone groups is 1. The summed E-state index contributed by atoms with van der Waals surface area (Å²) in [5.41, 5.74) is 12.2. The lowest BCUT2D eigenvalue weighted by Gasteiger charge is -2.03. The van der Waals surface area contributed by atoms with Crippen molar-refractivity contribution in [1.29, 1.82) is 0 Å². The largest absolute Gasteiger partial charge is 0.373 e. The van der Waals surface area contributed by atoms with Gasteiger partial charge in [0.2, 0.25) is 5.11 Å². The third-order valence-corrected chi connectivity index (χ3v) is 1.57. The van der Waals surface area contributed by atoms with E-state index in [1.54, 1.807) is 24.3 Å². The zero-order valence-electron chi connectivity index (χ0n) is 8.29. The van der Waals surface area contributed by atoms with Gasteiger partial charge in [-0.25, -0.2) is 0 Å².